The molecule has 0 fully saturated rings. The van der Waals surface area contributed by atoms with Crippen molar-refractivity contribution in [2.75, 3.05) is 0 Å². The maximum Gasteiger partial charge on any atom is 0.573 e. The number of amides is 1. The van der Waals surface area contributed by atoms with Gasteiger partial charge in [0.1, 0.15) is 5.75 Å². The first kappa shape index (κ1) is 19.0. The molecule has 1 amide bonds. The van der Waals surface area contributed by atoms with Crippen molar-refractivity contribution in [3.8, 4) is 5.75 Å². The lowest BCUT2D eigenvalue weighted by molar-refractivity contribution is -0.274. The summed E-state index contributed by atoms with van der Waals surface area (Å²) in [5.41, 5.74) is 0.214. The zero-order chi connectivity index (χ0) is 18.8. The van der Waals surface area contributed by atoms with Crippen LogP contribution in [0, 0.1) is 11.6 Å². The molecule has 0 aliphatic heterocycles. The van der Waals surface area contributed by atoms with Gasteiger partial charge in [-0.2, -0.15) is 0 Å². The molecule has 2 rings (SSSR count). The lowest BCUT2D eigenvalue weighted by Crippen LogP contribution is -2.27. The molecular weight excluding hydrogens is 369 g/mol. The molecule has 9 heteroatoms. The summed E-state index contributed by atoms with van der Waals surface area (Å²) in [5, 5.41) is 2.23. The highest BCUT2D eigenvalue weighted by molar-refractivity contribution is 6.33. The molecule has 134 valence electrons. The molecule has 2 aromatic carbocycles. The standard InChI is InChI=1S/C16H11ClF5NO2/c1-8(9-2-4-10(5-3-9)25-16(20,21)22)23-15(24)11-6-13(18)14(19)7-12(11)17/h2-8H,1H3,(H,23,24). The topological polar surface area (TPSA) is 38.3 Å². The molecule has 3 nitrogen and oxygen atoms in total. The maximum absolute atomic E-state index is 13.2. The van der Waals surface area contributed by atoms with Crippen molar-refractivity contribution in [2.24, 2.45) is 0 Å². The van der Waals surface area contributed by atoms with Crippen LogP contribution in [0.2, 0.25) is 5.02 Å². The summed E-state index contributed by atoms with van der Waals surface area (Å²) in [6, 6.07) is 5.57. The second kappa shape index (κ2) is 7.26. The molecule has 0 saturated heterocycles. The van der Waals surface area contributed by atoms with Crippen molar-refractivity contribution in [1.82, 2.24) is 5.32 Å². The van der Waals surface area contributed by atoms with E-state index in [2.05, 4.69) is 10.1 Å². The molecule has 0 radical (unpaired) electrons. The van der Waals surface area contributed by atoms with Crippen molar-refractivity contribution in [2.45, 2.75) is 19.3 Å². The Morgan fingerprint density at radius 3 is 2.24 bits per heavy atom. The van der Waals surface area contributed by atoms with Gasteiger partial charge >= 0.3 is 6.36 Å². The SMILES string of the molecule is CC(NC(=O)c1cc(F)c(F)cc1Cl)c1ccc(OC(F)(F)F)cc1. The van der Waals surface area contributed by atoms with Gasteiger partial charge in [-0.3, -0.25) is 4.79 Å². The fourth-order valence-corrected chi connectivity index (χ4v) is 2.25. The molecule has 0 spiro atoms. The minimum atomic E-state index is -4.80. The highest BCUT2D eigenvalue weighted by atomic mass is 35.5. The van der Waals surface area contributed by atoms with Gasteiger partial charge in [0, 0.05) is 0 Å². The minimum absolute atomic E-state index is 0.260. The fraction of sp³-hybridized carbons (Fsp3) is 0.188. The van der Waals surface area contributed by atoms with Crippen LogP contribution in [0.15, 0.2) is 36.4 Å². The Bertz CT molecular complexity index is 777. The number of hydrogen-bond acceptors (Lipinski definition) is 2. The van der Waals surface area contributed by atoms with E-state index < -0.39 is 35.7 Å². The second-order valence-electron chi connectivity index (χ2n) is 5.06. The molecule has 2 aromatic rings. The largest absolute Gasteiger partial charge is 0.573 e. The zero-order valence-electron chi connectivity index (χ0n) is 12.6. The van der Waals surface area contributed by atoms with Gasteiger partial charge in [-0.25, -0.2) is 8.78 Å². The van der Waals surface area contributed by atoms with E-state index in [-0.39, 0.29) is 10.6 Å². The van der Waals surface area contributed by atoms with Gasteiger partial charge in [0.25, 0.3) is 5.91 Å². The van der Waals surface area contributed by atoms with E-state index in [0.717, 1.165) is 12.1 Å². The number of rotatable bonds is 4. The van der Waals surface area contributed by atoms with Gasteiger partial charge in [0.15, 0.2) is 11.6 Å². The average molecular weight is 380 g/mol. The second-order valence-corrected chi connectivity index (χ2v) is 5.47. The Balaban J connectivity index is 2.10. The third kappa shape index (κ3) is 5.06. The van der Waals surface area contributed by atoms with Crippen LogP contribution in [0.1, 0.15) is 28.9 Å². The molecule has 0 aliphatic carbocycles. The van der Waals surface area contributed by atoms with Crippen LogP contribution in [-0.4, -0.2) is 12.3 Å². The first-order valence-corrected chi connectivity index (χ1v) is 7.25. The first-order valence-electron chi connectivity index (χ1n) is 6.88. The van der Waals surface area contributed by atoms with Crippen molar-refractivity contribution in [1.29, 1.82) is 0 Å². The number of halogens is 6. The van der Waals surface area contributed by atoms with Crippen LogP contribution in [0.25, 0.3) is 0 Å². The predicted molar refractivity (Wildman–Crippen MR) is 80.4 cm³/mol. The van der Waals surface area contributed by atoms with Crippen LogP contribution < -0.4 is 10.1 Å². The van der Waals surface area contributed by atoms with E-state index in [1.807, 2.05) is 0 Å². The zero-order valence-corrected chi connectivity index (χ0v) is 13.4. The lowest BCUT2D eigenvalue weighted by Gasteiger charge is -2.16. The summed E-state index contributed by atoms with van der Waals surface area (Å²) in [7, 11) is 0. The van der Waals surface area contributed by atoms with Crippen molar-refractivity contribution in [3.05, 3.63) is 64.2 Å². The molecule has 0 saturated carbocycles. The van der Waals surface area contributed by atoms with Crippen LogP contribution >= 0.6 is 11.6 Å². The monoisotopic (exact) mass is 379 g/mol. The Morgan fingerprint density at radius 2 is 1.68 bits per heavy atom. The molecule has 0 aliphatic rings. The van der Waals surface area contributed by atoms with Crippen LogP contribution in [0.5, 0.6) is 5.75 Å². The first-order chi connectivity index (χ1) is 11.6. The third-order valence-electron chi connectivity index (χ3n) is 3.22. The summed E-state index contributed by atoms with van der Waals surface area (Å²) in [6.45, 7) is 1.56. The normalized spacial score (nSPS) is 12.6. The molecule has 1 N–H and O–H groups in total. The van der Waals surface area contributed by atoms with Crippen molar-refractivity contribution < 1.29 is 31.5 Å². The Labute approximate surface area is 144 Å². The van der Waals surface area contributed by atoms with Crippen molar-refractivity contribution in [3.63, 3.8) is 0 Å². The van der Waals surface area contributed by atoms with Crippen LogP contribution in [0.4, 0.5) is 22.0 Å². The van der Waals surface area contributed by atoms with Gasteiger partial charge in [-0.1, -0.05) is 23.7 Å². The summed E-state index contributed by atoms with van der Waals surface area (Å²) in [5.74, 6) is -3.57. The lowest BCUT2D eigenvalue weighted by atomic mass is 10.1. The van der Waals surface area contributed by atoms with Gasteiger partial charge in [-0.05, 0) is 36.8 Å². The minimum Gasteiger partial charge on any atom is -0.406 e. The molecule has 0 heterocycles. The summed E-state index contributed by atoms with van der Waals surface area (Å²) in [6.07, 6.45) is -4.80. The molecule has 0 aromatic heterocycles. The van der Waals surface area contributed by atoms with Gasteiger partial charge in [0.05, 0.1) is 16.6 Å². The van der Waals surface area contributed by atoms with E-state index in [4.69, 9.17) is 11.6 Å². The molecule has 1 unspecified atom stereocenters. The number of carbonyl (C=O) groups excluding carboxylic acids is 1. The highest BCUT2D eigenvalue weighted by Gasteiger charge is 2.31. The third-order valence-corrected chi connectivity index (χ3v) is 3.53. The van der Waals surface area contributed by atoms with E-state index in [9.17, 15) is 26.7 Å². The summed E-state index contributed by atoms with van der Waals surface area (Å²) < 4.78 is 66.3. The number of alkyl halides is 3. The molecule has 25 heavy (non-hydrogen) atoms. The maximum atomic E-state index is 13.2. The van der Waals surface area contributed by atoms with Gasteiger partial charge in [0.2, 0.25) is 0 Å². The van der Waals surface area contributed by atoms with Crippen molar-refractivity contribution >= 4 is 17.5 Å². The van der Waals surface area contributed by atoms with E-state index >= 15 is 0 Å². The van der Waals surface area contributed by atoms with E-state index in [1.54, 1.807) is 6.92 Å². The number of benzene rings is 2. The Hall–Kier alpha value is -2.35. The quantitative estimate of drug-likeness (QED) is 0.599. The number of carbonyl (C=O) groups is 1. The molecule has 0 bridgehead atoms. The Kier molecular flexibility index (Phi) is 5.52. The Morgan fingerprint density at radius 1 is 1.12 bits per heavy atom. The van der Waals surface area contributed by atoms with E-state index in [1.165, 1.54) is 12.1 Å². The highest BCUT2D eigenvalue weighted by Crippen LogP contribution is 2.25. The van der Waals surface area contributed by atoms with Crippen LogP contribution in [-0.2, 0) is 0 Å². The summed E-state index contributed by atoms with van der Waals surface area (Å²) in [4.78, 5) is 12.1. The fourth-order valence-electron chi connectivity index (χ4n) is 2.01. The number of ether oxygens (including phenoxy) is 1. The predicted octanol–water partition coefficient (Wildman–Crippen LogP) is 5.01. The van der Waals surface area contributed by atoms with Gasteiger partial charge in [-0.15, -0.1) is 13.2 Å². The average Bonchev–Trinajstić information content (AvgIpc) is 2.49. The number of hydrogen-bond donors (Lipinski definition) is 1. The van der Waals surface area contributed by atoms with Crippen LogP contribution in [0.3, 0.4) is 0 Å². The summed E-state index contributed by atoms with van der Waals surface area (Å²) >= 11 is 5.72. The smallest absolute Gasteiger partial charge is 0.406 e. The number of nitrogens with one attached hydrogen (secondary N) is 1. The molecular formula is C16H11ClF5NO2. The van der Waals surface area contributed by atoms with Gasteiger partial charge < -0.3 is 10.1 Å². The van der Waals surface area contributed by atoms with E-state index in [0.29, 0.717) is 17.7 Å². The molecule has 1 atom stereocenters.